The average molecular weight is 223 g/mol. The number of Topliss-reactive ketones (excluding diaryl/α,β-unsaturated/α-hetero) is 1. The van der Waals surface area contributed by atoms with Gasteiger partial charge < -0.3 is 10.3 Å². The molecule has 0 aliphatic rings. The summed E-state index contributed by atoms with van der Waals surface area (Å²) in [5.74, 6) is -0.261. The van der Waals surface area contributed by atoms with E-state index in [9.17, 15) is 9.59 Å². The molecule has 0 saturated carbocycles. The van der Waals surface area contributed by atoms with Crippen LogP contribution in [0.1, 0.15) is 26.5 Å². The number of ketones is 1. The molecule has 1 atom stereocenters. The molecule has 0 bridgehead atoms. The fourth-order valence-corrected chi connectivity index (χ4v) is 1.49. The van der Waals surface area contributed by atoms with Gasteiger partial charge in [-0.2, -0.15) is 0 Å². The van der Waals surface area contributed by atoms with Crippen LogP contribution in [0.25, 0.3) is 0 Å². The maximum atomic E-state index is 11.9. The van der Waals surface area contributed by atoms with Gasteiger partial charge >= 0.3 is 0 Å². The van der Waals surface area contributed by atoms with Gasteiger partial charge in [0.2, 0.25) is 5.91 Å². The number of H-pyrrole nitrogens is 1. The van der Waals surface area contributed by atoms with E-state index in [-0.39, 0.29) is 17.6 Å². The van der Waals surface area contributed by atoms with Gasteiger partial charge in [0.05, 0.1) is 12.4 Å². The van der Waals surface area contributed by atoms with E-state index in [1.807, 2.05) is 13.8 Å². The summed E-state index contributed by atoms with van der Waals surface area (Å²) in [6, 6.07) is -0.474. The Balaban J connectivity index is 2.71. The van der Waals surface area contributed by atoms with Crippen LogP contribution in [0.15, 0.2) is 12.5 Å². The lowest BCUT2D eigenvalue weighted by Gasteiger charge is -2.17. The highest BCUT2D eigenvalue weighted by molar-refractivity contribution is 5.89. The molecule has 0 aliphatic heterocycles. The number of carbonyl (C=O) groups is 2. The Kier molecular flexibility index (Phi) is 4.22. The van der Waals surface area contributed by atoms with Crippen LogP contribution in [0, 0.1) is 5.92 Å². The Morgan fingerprint density at radius 1 is 1.50 bits per heavy atom. The summed E-state index contributed by atoms with van der Waals surface area (Å²) in [6.45, 7) is 5.06. The smallest absolute Gasteiger partial charge is 0.217 e. The van der Waals surface area contributed by atoms with Crippen LogP contribution in [0.3, 0.4) is 0 Å². The molecule has 0 unspecified atom stereocenters. The van der Waals surface area contributed by atoms with Crippen LogP contribution < -0.4 is 5.32 Å². The highest BCUT2D eigenvalue weighted by Crippen LogP contribution is 2.05. The maximum absolute atomic E-state index is 11.9. The van der Waals surface area contributed by atoms with Gasteiger partial charge in [-0.1, -0.05) is 13.8 Å². The van der Waals surface area contributed by atoms with Crippen molar-refractivity contribution in [3.8, 4) is 0 Å². The first kappa shape index (κ1) is 12.4. The summed E-state index contributed by atoms with van der Waals surface area (Å²) >= 11 is 0. The van der Waals surface area contributed by atoms with E-state index in [1.165, 1.54) is 6.92 Å². The second-order valence-corrected chi connectivity index (χ2v) is 4.09. The number of imidazole rings is 1. The monoisotopic (exact) mass is 223 g/mol. The molecule has 5 nitrogen and oxygen atoms in total. The largest absolute Gasteiger partial charge is 0.348 e. The molecule has 0 fully saturated rings. The minimum Gasteiger partial charge on any atom is -0.348 e. The van der Waals surface area contributed by atoms with E-state index in [1.54, 1.807) is 12.5 Å². The van der Waals surface area contributed by atoms with E-state index < -0.39 is 6.04 Å². The van der Waals surface area contributed by atoms with Crippen LogP contribution in [-0.4, -0.2) is 27.7 Å². The lowest BCUT2D eigenvalue weighted by molar-refractivity contribution is -0.128. The molecule has 1 heterocycles. The Morgan fingerprint density at radius 2 is 2.19 bits per heavy atom. The number of nitrogens with one attached hydrogen (secondary N) is 2. The Morgan fingerprint density at radius 3 is 2.62 bits per heavy atom. The summed E-state index contributed by atoms with van der Waals surface area (Å²) in [6.07, 6.45) is 3.67. The minimum atomic E-state index is -0.474. The molecule has 1 amide bonds. The molecule has 1 aromatic rings. The van der Waals surface area contributed by atoms with Crippen molar-refractivity contribution in [2.75, 3.05) is 0 Å². The van der Waals surface area contributed by atoms with Gasteiger partial charge in [0.1, 0.15) is 0 Å². The lowest BCUT2D eigenvalue weighted by Crippen LogP contribution is -2.43. The summed E-state index contributed by atoms with van der Waals surface area (Å²) in [5.41, 5.74) is 0.841. The zero-order valence-electron chi connectivity index (χ0n) is 9.78. The summed E-state index contributed by atoms with van der Waals surface area (Å²) < 4.78 is 0. The first-order chi connectivity index (χ1) is 7.50. The lowest BCUT2D eigenvalue weighted by atomic mass is 9.98. The van der Waals surface area contributed by atoms with Crippen LogP contribution in [-0.2, 0) is 16.0 Å². The molecule has 0 spiro atoms. The predicted octanol–water partition coefficient (Wildman–Crippen LogP) is 0.682. The third-order valence-electron chi connectivity index (χ3n) is 2.27. The third kappa shape index (κ3) is 3.49. The normalized spacial score (nSPS) is 12.5. The fourth-order valence-electron chi connectivity index (χ4n) is 1.49. The van der Waals surface area contributed by atoms with Gasteiger partial charge in [-0.15, -0.1) is 0 Å². The van der Waals surface area contributed by atoms with Crippen LogP contribution in [0.5, 0.6) is 0 Å². The molecular weight excluding hydrogens is 206 g/mol. The van der Waals surface area contributed by atoms with Gasteiger partial charge in [-0.25, -0.2) is 4.98 Å². The maximum Gasteiger partial charge on any atom is 0.217 e. The first-order valence-corrected chi connectivity index (χ1v) is 5.28. The molecule has 0 aliphatic carbocycles. The quantitative estimate of drug-likeness (QED) is 0.771. The third-order valence-corrected chi connectivity index (χ3v) is 2.27. The Labute approximate surface area is 94.7 Å². The Bertz CT molecular complexity index is 357. The van der Waals surface area contributed by atoms with Gasteiger partial charge in [0.25, 0.3) is 0 Å². The molecule has 0 saturated heterocycles. The van der Waals surface area contributed by atoms with Crippen molar-refractivity contribution in [3.63, 3.8) is 0 Å². The van der Waals surface area contributed by atoms with Crippen molar-refractivity contribution < 1.29 is 9.59 Å². The molecule has 0 aromatic carbocycles. The van der Waals surface area contributed by atoms with Crippen LogP contribution in [0.2, 0.25) is 0 Å². The second kappa shape index (κ2) is 5.44. The highest BCUT2D eigenvalue weighted by Gasteiger charge is 2.22. The fraction of sp³-hybridized carbons (Fsp3) is 0.545. The van der Waals surface area contributed by atoms with Crippen LogP contribution >= 0.6 is 0 Å². The number of hydrogen-bond donors (Lipinski definition) is 2. The van der Waals surface area contributed by atoms with Crippen molar-refractivity contribution in [2.45, 2.75) is 33.2 Å². The Hall–Kier alpha value is -1.65. The molecule has 1 aromatic heterocycles. The number of aromatic amines is 1. The molecule has 0 radical (unpaired) electrons. The number of hydrogen-bond acceptors (Lipinski definition) is 3. The number of aromatic nitrogens is 2. The molecule has 5 heteroatoms. The van der Waals surface area contributed by atoms with E-state index in [0.29, 0.717) is 6.42 Å². The molecule has 88 valence electrons. The highest BCUT2D eigenvalue weighted by atomic mass is 16.2. The summed E-state index contributed by atoms with van der Waals surface area (Å²) in [4.78, 5) is 29.7. The van der Waals surface area contributed by atoms with Crippen LogP contribution in [0.4, 0.5) is 0 Å². The van der Waals surface area contributed by atoms with E-state index >= 15 is 0 Å². The minimum absolute atomic E-state index is 0.0322. The molecule has 1 rings (SSSR count). The van der Waals surface area contributed by atoms with Crippen molar-refractivity contribution in [1.82, 2.24) is 15.3 Å². The zero-order valence-corrected chi connectivity index (χ0v) is 9.78. The van der Waals surface area contributed by atoms with Crippen molar-refractivity contribution in [2.24, 2.45) is 5.92 Å². The zero-order chi connectivity index (χ0) is 12.1. The van der Waals surface area contributed by atoms with Gasteiger partial charge in [0, 0.05) is 31.2 Å². The summed E-state index contributed by atoms with van der Waals surface area (Å²) in [7, 11) is 0. The average Bonchev–Trinajstić information content (AvgIpc) is 2.67. The SMILES string of the molecule is CC(=O)N[C@@H](Cc1cnc[nH]1)C(=O)C(C)C. The standard InChI is InChI=1S/C11H17N3O2/c1-7(2)11(16)10(14-8(3)15)4-9-5-12-6-13-9/h5-7,10H,4H2,1-3H3,(H,12,13)(H,14,15)/t10-/m0/s1. The molecular formula is C11H17N3O2. The van der Waals surface area contributed by atoms with Crippen molar-refractivity contribution in [1.29, 1.82) is 0 Å². The van der Waals surface area contributed by atoms with Gasteiger partial charge in [-0.3, -0.25) is 9.59 Å². The number of amides is 1. The number of carbonyl (C=O) groups excluding carboxylic acids is 2. The van der Waals surface area contributed by atoms with E-state index in [4.69, 9.17) is 0 Å². The van der Waals surface area contributed by atoms with Gasteiger partial charge in [0.15, 0.2) is 5.78 Å². The summed E-state index contributed by atoms with van der Waals surface area (Å²) in [5, 5.41) is 2.66. The second-order valence-electron chi connectivity index (χ2n) is 4.09. The first-order valence-electron chi connectivity index (χ1n) is 5.28. The predicted molar refractivity (Wildman–Crippen MR) is 59.7 cm³/mol. The number of nitrogens with zero attached hydrogens (tertiary/aromatic N) is 1. The van der Waals surface area contributed by atoms with E-state index in [2.05, 4.69) is 15.3 Å². The number of rotatable bonds is 5. The van der Waals surface area contributed by atoms with Crippen molar-refractivity contribution in [3.05, 3.63) is 18.2 Å². The van der Waals surface area contributed by atoms with E-state index in [0.717, 1.165) is 5.69 Å². The topological polar surface area (TPSA) is 74.8 Å². The molecule has 2 N–H and O–H groups in total. The van der Waals surface area contributed by atoms with Gasteiger partial charge in [-0.05, 0) is 0 Å². The van der Waals surface area contributed by atoms with Crippen molar-refractivity contribution >= 4 is 11.7 Å². The molecule has 16 heavy (non-hydrogen) atoms.